The monoisotopic (exact) mass is 249 g/mol. The molecule has 0 fully saturated rings. The van der Waals surface area contributed by atoms with E-state index in [1.165, 1.54) is 5.56 Å². The molecule has 1 unspecified atom stereocenters. The molecule has 4 heteroatoms. The summed E-state index contributed by atoms with van der Waals surface area (Å²) in [7, 11) is 1.63. The summed E-state index contributed by atoms with van der Waals surface area (Å²) in [6, 6.07) is 10.4. The van der Waals surface area contributed by atoms with E-state index in [-0.39, 0.29) is 12.1 Å². The van der Waals surface area contributed by atoms with E-state index in [9.17, 15) is 4.79 Å². The fourth-order valence-corrected chi connectivity index (χ4v) is 2.08. The molecule has 0 spiro atoms. The van der Waals surface area contributed by atoms with Gasteiger partial charge in [0.1, 0.15) is 0 Å². The van der Waals surface area contributed by atoms with Gasteiger partial charge in [0.25, 0.3) is 0 Å². The van der Waals surface area contributed by atoms with Gasteiger partial charge in [0.05, 0.1) is 6.04 Å². The van der Waals surface area contributed by atoms with Gasteiger partial charge in [-0.1, -0.05) is 44.2 Å². The summed E-state index contributed by atoms with van der Waals surface area (Å²) in [4.78, 5) is 13.6. The SMILES string of the molecule is CCN(CC)C(CNC(=O)NC)c1ccccc1. The average molecular weight is 249 g/mol. The molecule has 0 aromatic heterocycles. The topological polar surface area (TPSA) is 44.4 Å². The molecule has 0 saturated carbocycles. The Morgan fingerprint density at radius 2 is 1.83 bits per heavy atom. The summed E-state index contributed by atoms with van der Waals surface area (Å²) in [5.74, 6) is 0. The Labute approximate surface area is 109 Å². The molecule has 1 aromatic rings. The summed E-state index contributed by atoms with van der Waals surface area (Å²) in [5, 5.41) is 5.47. The van der Waals surface area contributed by atoms with Crippen molar-refractivity contribution in [3.05, 3.63) is 35.9 Å². The number of amides is 2. The number of nitrogens with zero attached hydrogens (tertiary/aromatic N) is 1. The molecule has 1 atom stereocenters. The van der Waals surface area contributed by atoms with Crippen LogP contribution in [-0.2, 0) is 0 Å². The minimum absolute atomic E-state index is 0.136. The van der Waals surface area contributed by atoms with Crippen molar-refractivity contribution in [1.29, 1.82) is 0 Å². The standard InChI is InChI=1S/C14H23N3O/c1-4-17(5-2)13(11-16-14(18)15-3)12-9-7-6-8-10-12/h6-10,13H,4-5,11H2,1-3H3,(H2,15,16,18). The van der Waals surface area contributed by atoms with Crippen molar-refractivity contribution in [3.8, 4) is 0 Å². The first-order valence-corrected chi connectivity index (χ1v) is 6.47. The van der Waals surface area contributed by atoms with Crippen LogP contribution in [0.1, 0.15) is 25.5 Å². The Balaban J connectivity index is 2.78. The molecule has 2 N–H and O–H groups in total. The molecule has 4 nitrogen and oxygen atoms in total. The molecule has 0 radical (unpaired) electrons. The summed E-state index contributed by atoms with van der Waals surface area (Å²) in [6.45, 7) is 6.82. The van der Waals surface area contributed by atoms with Gasteiger partial charge in [-0.15, -0.1) is 0 Å². The van der Waals surface area contributed by atoms with Crippen LogP contribution in [0.2, 0.25) is 0 Å². The molecule has 1 aromatic carbocycles. The van der Waals surface area contributed by atoms with Crippen molar-refractivity contribution in [3.63, 3.8) is 0 Å². The van der Waals surface area contributed by atoms with Crippen LogP contribution in [0, 0.1) is 0 Å². The van der Waals surface area contributed by atoms with Crippen LogP contribution in [-0.4, -0.2) is 37.6 Å². The minimum atomic E-state index is -0.136. The third-order valence-electron chi connectivity index (χ3n) is 3.12. The van der Waals surface area contributed by atoms with Crippen LogP contribution in [0.4, 0.5) is 4.79 Å². The maximum absolute atomic E-state index is 11.3. The molecule has 0 bridgehead atoms. The number of rotatable bonds is 6. The van der Waals surface area contributed by atoms with Gasteiger partial charge in [0.2, 0.25) is 0 Å². The van der Waals surface area contributed by atoms with Gasteiger partial charge >= 0.3 is 6.03 Å². The third kappa shape index (κ3) is 4.04. The van der Waals surface area contributed by atoms with E-state index < -0.39 is 0 Å². The number of carbonyl (C=O) groups excluding carboxylic acids is 1. The number of urea groups is 1. The van der Waals surface area contributed by atoms with Crippen LogP contribution in [0.3, 0.4) is 0 Å². The highest BCUT2D eigenvalue weighted by Gasteiger charge is 2.18. The molecule has 0 aliphatic heterocycles. The largest absolute Gasteiger partial charge is 0.341 e. The number of likely N-dealkylation sites (N-methyl/N-ethyl adjacent to an activating group) is 1. The van der Waals surface area contributed by atoms with Crippen LogP contribution in [0.15, 0.2) is 30.3 Å². The Morgan fingerprint density at radius 3 is 2.33 bits per heavy atom. The van der Waals surface area contributed by atoms with Gasteiger partial charge in [-0.2, -0.15) is 0 Å². The van der Waals surface area contributed by atoms with Crippen LogP contribution >= 0.6 is 0 Å². The molecule has 100 valence electrons. The lowest BCUT2D eigenvalue weighted by molar-refractivity contribution is 0.207. The number of benzene rings is 1. The second-order valence-corrected chi connectivity index (χ2v) is 4.11. The van der Waals surface area contributed by atoms with E-state index in [1.54, 1.807) is 7.05 Å². The highest BCUT2D eigenvalue weighted by Crippen LogP contribution is 2.19. The maximum Gasteiger partial charge on any atom is 0.314 e. The minimum Gasteiger partial charge on any atom is -0.341 e. The summed E-state index contributed by atoms with van der Waals surface area (Å²) < 4.78 is 0. The predicted octanol–water partition coefficient (Wildman–Crippen LogP) is 2.00. The van der Waals surface area contributed by atoms with Crippen molar-refractivity contribution in [2.75, 3.05) is 26.7 Å². The van der Waals surface area contributed by atoms with Crippen LogP contribution in [0.5, 0.6) is 0 Å². The molecule has 2 amide bonds. The lowest BCUT2D eigenvalue weighted by atomic mass is 10.1. The van der Waals surface area contributed by atoms with Gasteiger partial charge in [-0.25, -0.2) is 4.79 Å². The Morgan fingerprint density at radius 1 is 1.22 bits per heavy atom. The maximum atomic E-state index is 11.3. The quantitative estimate of drug-likeness (QED) is 0.810. The van der Waals surface area contributed by atoms with E-state index in [2.05, 4.69) is 41.5 Å². The third-order valence-corrected chi connectivity index (χ3v) is 3.12. The second kappa shape index (κ2) is 7.71. The molecule has 18 heavy (non-hydrogen) atoms. The zero-order valence-electron chi connectivity index (χ0n) is 11.4. The molecule has 0 aliphatic carbocycles. The van der Waals surface area contributed by atoms with Gasteiger partial charge < -0.3 is 10.6 Å². The molecule has 0 saturated heterocycles. The van der Waals surface area contributed by atoms with E-state index >= 15 is 0 Å². The summed E-state index contributed by atoms with van der Waals surface area (Å²) >= 11 is 0. The van der Waals surface area contributed by atoms with Gasteiger partial charge in [0.15, 0.2) is 0 Å². The smallest absolute Gasteiger partial charge is 0.314 e. The molecule has 0 heterocycles. The van der Waals surface area contributed by atoms with Crippen molar-refractivity contribution >= 4 is 6.03 Å². The van der Waals surface area contributed by atoms with Gasteiger partial charge in [-0.3, -0.25) is 4.90 Å². The first-order valence-electron chi connectivity index (χ1n) is 6.47. The second-order valence-electron chi connectivity index (χ2n) is 4.11. The highest BCUT2D eigenvalue weighted by molar-refractivity contribution is 5.73. The van der Waals surface area contributed by atoms with E-state index in [1.807, 2.05) is 18.2 Å². The summed E-state index contributed by atoms with van der Waals surface area (Å²) in [6.07, 6.45) is 0. The van der Waals surface area contributed by atoms with Crippen molar-refractivity contribution in [2.24, 2.45) is 0 Å². The number of carbonyl (C=O) groups is 1. The van der Waals surface area contributed by atoms with Crippen molar-refractivity contribution in [1.82, 2.24) is 15.5 Å². The zero-order chi connectivity index (χ0) is 13.4. The Bertz CT molecular complexity index is 349. The molecular weight excluding hydrogens is 226 g/mol. The van der Waals surface area contributed by atoms with Crippen molar-refractivity contribution in [2.45, 2.75) is 19.9 Å². The predicted molar refractivity (Wildman–Crippen MR) is 74.6 cm³/mol. The average Bonchev–Trinajstić information content (AvgIpc) is 2.44. The lowest BCUT2D eigenvalue weighted by Gasteiger charge is -2.30. The lowest BCUT2D eigenvalue weighted by Crippen LogP contribution is -2.41. The fraction of sp³-hybridized carbons (Fsp3) is 0.500. The van der Waals surface area contributed by atoms with Gasteiger partial charge in [0, 0.05) is 13.6 Å². The summed E-state index contributed by atoms with van der Waals surface area (Å²) in [5.41, 5.74) is 1.23. The van der Waals surface area contributed by atoms with Crippen LogP contribution in [0.25, 0.3) is 0 Å². The number of hydrogen-bond donors (Lipinski definition) is 2. The fourth-order valence-electron chi connectivity index (χ4n) is 2.08. The molecular formula is C14H23N3O. The highest BCUT2D eigenvalue weighted by atomic mass is 16.2. The van der Waals surface area contributed by atoms with E-state index in [4.69, 9.17) is 0 Å². The number of hydrogen-bond acceptors (Lipinski definition) is 2. The van der Waals surface area contributed by atoms with Crippen molar-refractivity contribution < 1.29 is 4.79 Å². The first kappa shape index (κ1) is 14.5. The van der Waals surface area contributed by atoms with Gasteiger partial charge in [-0.05, 0) is 18.7 Å². The number of nitrogens with one attached hydrogen (secondary N) is 2. The Kier molecular flexibility index (Phi) is 6.22. The normalized spacial score (nSPS) is 12.2. The molecule has 1 rings (SSSR count). The molecule has 0 aliphatic rings. The zero-order valence-corrected chi connectivity index (χ0v) is 11.4. The Hall–Kier alpha value is -1.55. The van der Waals surface area contributed by atoms with Crippen LogP contribution < -0.4 is 10.6 Å². The first-order chi connectivity index (χ1) is 8.72. The van der Waals surface area contributed by atoms with E-state index in [0.717, 1.165) is 13.1 Å². The van der Waals surface area contributed by atoms with E-state index in [0.29, 0.717) is 6.54 Å².